The fourth-order valence-corrected chi connectivity index (χ4v) is 4.08. The van der Waals surface area contributed by atoms with Crippen LogP contribution in [0.2, 0.25) is 5.02 Å². The zero-order chi connectivity index (χ0) is 18.5. The topological polar surface area (TPSA) is 39.9 Å². The summed E-state index contributed by atoms with van der Waals surface area (Å²) in [6, 6.07) is 14.1. The van der Waals surface area contributed by atoms with Crippen LogP contribution >= 0.6 is 23.4 Å². The summed E-state index contributed by atoms with van der Waals surface area (Å²) in [5, 5.41) is 10.3. The standard InChI is InChI=1S/C20H22ClN3OS/c1-4-24-19(12-25-17-10-14(2)9-15(3)11-17)22-23-20(24)26-13-16-7-5-6-8-18(16)21/h5-11H,4,12-13H2,1-3H3. The van der Waals surface area contributed by atoms with Crippen LogP contribution in [0.5, 0.6) is 5.75 Å². The summed E-state index contributed by atoms with van der Waals surface area (Å²) in [5.41, 5.74) is 3.47. The molecule has 0 unspecified atom stereocenters. The van der Waals surface area contributed by atoms with Gasteiger partial charge < -0.3 is 9.30 Å². The maximum Gasteiger partial charge on any atom is 0.191 e. The van der Waals surface area contributed by atoms with Crippen LogP contribution in [0.4, 0.5) is 0 Å². The van der Waals surface area contributed by atoms with Gasteiger partial charge in [-0.25, -0.2) is 0 Å². The lowest BCUT2D eigenvalue weighted by atomic mass is 10.1. The van der Waals surface area contributed by atoms with E-state index in [2.05, 4.69) is 41.6 Å². The van der Waals surface area contributed by atoms with Crippen molar-refractivity contribution < 1.29 is 4.74 Å². The fraction of sp³-hybridized carbons (Fsp3) is 0.300. The van der Waals surface area contributed by atoms with Crippen molar-refractivity contribution in [3.63, 3.8) is 0 Å². The molecule has 1 aromatic heterocycles. The highest BCUT2D eigenvalue weighted by atomic mass is 35.5. The average molecular weight is 388 g/mol. The lowest BCUT2D eigenvalue weighted by Crippen LogP contribution is -2.07. The summed E-state index contributed by atoms with van der Waals surface area (Å²) < 4.78 is 8.03. The summed E-state index contributed by atoms with van der Waals surface area (Å²) in [5.74, 6) is 2.45. The molecule has 0 saturated heterocycles. The van der Waals surface area contributed by atoms with Crippen LogP contribution in [0.1, 0.15) is 29.4 Å². The summed E-state index contributed by atoms with van der Waals surface area (Å²) in [6.07, 6.45) is 0. The molecular formula is C20H22ClN3OS. The molecule has 0 bridgehead atoms. The predicted octanol–water partition coefficient (Wildman–Crippen LogP) is 5.44. The van der Waals surface area contributed by atoms with Gasteiger partial charge in [0.1, 0.15) is 12.4 Å². The summed E-state index contributed by atoms with van der Waals surface area (Å²) >= 11 is 7.87. The highest BCUT2D eigenvalue weighted by Crippen LogP contribution is 2.26. The SMILES string of the molecule is CCn1c(COc2cc(C)cc(C)c2)nnc1SCc1ccccc1Cl. The molecule has 6 heteroatoms. The predicted molar refractivity (Wildman–Crippen MR) is 107 cm³/mol. The Bertz CT molecular complexity index is 874. The number of thioether (sulfide) groups is 1. The Hall–Kier alpha value is -1.98. The van der Waals surface area contributed by atoms with E-state index < -0.39 is 0 Å². The van der Waals surface area contributed by atoms with Crippen molar-refractivity contribution in [2.24, 2.45) is 0 Å². The van der Waals surface area contributed by atoms with Crippen LogP contribution in [0, 0.1) is 13.8 Å². The molecule has 0 aliphatic rings. The summed E-state index contributed by atoms with van der Waals surface area (Å²) in [4.78, 5) is 0. The van der Waals surface area contributed by atoms with E-state index >= 15 is 0 Å². The third kappa shape index (κ3) is 4.59. The molecule has 136 valence electrons. The molecular weight excluding hydrogens is 366 g/mol. The van der Waals surface area contributed by atoms with Crippen LogP contribution in [0.25, 0.3) is 0 Å². The average Bonchev–Trinajstić information content (AvgIpc) is 3.00. The van der Waals surface area contributed by atoms with E-state index in [1.807, 2.05) is 36.4 Å². The van der Waals surface area contributed by atoms with E-state index in [1.54, 1.807) is 11.8 Å². The number of hydrogen-bond donors (Lipinski definition) is 0. The number of rotatable bonds is 7. The Morgan fingerprint density at radius 2 is 1.81 bits per heavy atom. The van der Waals surface area contributed by atoms with Crippen molar-refractivity contribution in [2.45, 2.75) is 44.8 Å². The van der Waals surface area contributed by atoms with Gasteiger partial charge in [0.25, 0.3) is 0 Å². The van der Waals surface area contributed by atoms with Gasteiger partial charge in [0.05, 0.1) is 0 Å². The number of nitrogens with zero attached hydrogens (tertiary/aromatic N) is 3. The largest absolute Gasteiger partial charge is 0.486 e. The van der Waals surface area contributed by atoms with Gasteiger partial charge in [-0.05, 0) is 55.7 Å². The Morgan fingerprint density at radius 3 is 2.50 bits per heavy atom. The van der Waals surface area contributed by atoms with Crippen molar-refractivity contribution in [1.29, 1.82) is 0 Å². The third-order valence-electron chi connectivity index (χ3n) is 3.99. The monoisotopic (exact) mass is 387 g/mol. The van der Waals surface area contributed by atoms with Gasteiger partial charge in [-0.3, -0.25) is 0 Å². The molecule has 0 atom stereocenters. The maximum absolute atomic E-state index is 6.24. The van der Waals surface area contributed by atoms with E-state index in [0.29, 0.717) is 6.61 Å². The minimum absolute atomic E-state index is 0.399. The molecule has 0 spiro atoms. The van der Waals surface area contributed by atoms with Gasteiger partial charge in [0.15, 0.2) is 11.0 Å². The van der Waals surface area contributed by atoms with E-state index in [-0.39, 0.29) is 0 Å². The maximum atomic E-state index is 6.24. The molecule has 0 N–H and O–H groups in total. The van der Waals surface area contributed by atoms with Crippen molar-refractivity contribution in [3.05, 3.63) is 70.0 Å². The van der Waals surface area contributed by atoms with Gasteiger partial charge >= 0.3 is 0 Å². The van der Waals surface area contributed by atoms with Gasteiger partial charge in [-0.1, -0.05) is 47.6 Å². The molecule has 2 aromatic carbocycles. The molecule has 1 heterocycles. The molecule has 3 rings (SSSR count). The van der Waals surface area contributed by atoms with Gasteiger partial charge in [0.2, 0.25) is 0 Å². The number of halogens is 1. The first-order valence-electron chi connectivity index (χ1n) is 8.56. The van der Waals surface area contributed by atoms with Gasteiger partial charge in [-0.15, -0.1) is 10.2 Å². The van der Waals surface area contributed by atoms with Gasteiger partial charge in [0, 0.05) is 17.3 Å². The van der Waals surface area contributed by atoms with Crippen LogP contribution in [0.15, 0.2) is 47.6 Å². The second kappa shape index (κ2) is 8.60. The Kier molecular flexibility index (Phi) is 6.22. The van der Waals surface area contributed by atoms with Crippen molar-refractivity contribution >= 4 is 23.4 Å². The van der Waals surface area contributed by atoms with Crippen molar-refractivity contribution in [3.8, 4) is 5.75 Å². The summed E-state index contributed by atoms with van der Waals surface area (Å²) in [7, 11) is 0. The summed E-state index contributed by atoms with van der Waals surface area (Å²) in [6.45, 7) is 7.42. The number of benzene rings is 2. The normalized spacial score (nSPS) is 10.9. The molecule has 0 saturated carbocycles. The van der Waals surface area contributed by atoms with Crippen molar-refractivity contribution in [1.82, 2.24) is 14.8 Å². The number of hydrogen-bond acceptors (Lipinski definition) is 4. The van der Waals surface area contributed by atoms with Crippen LogP contribution in [0.3, 0.4) is 0 Å². The molecule has 4 nitrogen and oxygen atoms in total. The fourth-order valence-electron chi connectivity index (χ4n) is 2.77. The zero-order valence-electron chi connectivity index (χ0n) is 15.2. The van der Waals surface area contributed by atoms with Crippen LogP contribution in [-0.4, -0.2) is 14.8 Å². The number of ether oxygens (including phenoxy) is 1. The first-order valence-corrected chi connectivity index (χ1v) is 9.92. The molecule has 0 amide bonds. The lowest BCUT2D eigenvalue weighted by Gasteiger charge is -2.10. The molecule has 3 aromatic rings. The van der Waals surface area contributed by atoms with E-state index in [9.17, 15) is 0 Å². The minimum atomic E-state index is 0.399. The number of aromatic nitrogens is 3. The zero-order valence-corrected chi connectivity index (χ0v) is 16.8. The highest BCUT2D eigenvalue weighted by molar-refractivity contribution is 7.98. The van der Waals surface area contributed by atoms with Crippen LogP contribution < -0.4 is 4.74 Å². The first kappa shape index (κ1) is 18.8. The van der Waals surface area contributed by atoms with E-state index in [1.165, 1.54) is 11.1 Å². The van der Waals surface area contributed by atoms with Crippen LogP contribution in [-0.2, 0) is 18.9 Å². The second-order valence-electron chi connectivity index (χ2n) is 6.14. The first-order chi connectivity index (χ1) is 12.6. The minimum Gasteiger partial charge on any atom is -0.486 e. The molecule has 0 radical (unpaired) electrons. The highest BCUT2D eigenvalue weighted by Gasteiger charge is 2.13. The van der Waals surface area contributed by atoms with Gasteiger partial charge in [-0.2, -0.15) is 0 Å². The third-order valence-corrected chi connectivity index (χ3v) is 5.37. The lowest BCUT2D eigenvalue weighted by molar-refractivity contribution is 0.288. The van der Waals surface area contributed by atoms with E-state index in [0.717, 1.165) is 39.6 Å². The smallest absolute Gasteiger partial charge is 0.191 e. The molecule has 26 heavy (non-hydrogen) atoms. The Balaban J connectivity index is 1.68. The molecule has 0 aliphatic heterocycles. The van der Waals surface area contributed by atoms with E-state index in [4.69, 9.17) is 16.3 Å². The molecule has 0 aliphatic carbocycles. The molecule has 0 fully saturated rings. The van der Waals surface area contributed by atoms with Crippen molar-refractivity contribution in [2.75, 3.05) is 0 Å². The quantitative estimate of drug-likeness (QED) is 0.506. The number of aryl methyl sites for hydroxylation is 2. The Morgan fingerprint density at radius 1 is 1.08 bits per heavy atom. The Labute approximate surface area is 163 Å². The second-order valence-corrected chi connectivity index (χ2v) is 7.48.